The number of likely N-dealkylation sites (tertiary alicyclic amines) is 1. The number of benzene rings is 2. The van der Waals surface area contributed by atoms with Gasteiger partial charge in [-0.25, -0.2) is 0 Å². The summed E-state index contributed by atoms with van der Waals surface area (Å²) in [6, 6.07) is 12.1. The first-order valence-electron chi connectivity index (χ1n) is 9.46. The van der Waals surface area contributed by atoms with Crippen LogP contribution in [0.4, 0.5) is 13.2 Å². The van der Waals surface area contributed by atoms with E-state index in [0.717, 1.165) is 23.3 Å². The monoisotopic (exact) mass is 391 g/mol. The molecule has 1 N–H and O–H groups in total. The van der Waals surface area contributed by atoms with Gasteiger partial charge in [0.1, 0.15) is 11.5 Å². The lowest BCUT2D eigenvalue weighted by Crippen LogP contribution is -2.46. The molecule has 1 fully saturated rings. The van der Waals surface area contributed by atoms with E-state index < -0.39 is 17.2 Å². The Kier molecular flexibility index (Phi) is 5.79. The van der Waals surface area contributed by atoms with Crippen LogP contribution in [0.2, 0.25) is 0 Å². The van der Waals surface area contributed by atoms with E-state index >= 15 is 0 Å². The molecule has 0 bridgehead atoms. The average molecular weight is 391 g/mol. The van der Waals surface area contributed by atoms with Gasteiger partial charge in [-0.1, -0.05) is 31.2 Å². The van der Waals surface area contributed by atoms with E-state index in [9.17, 15) is 23.1 Å². The number of Topliss-reactive ketones (excluding diaryl/α,β-unsaturated/α-hetero) is 1. The minimum Gasteiger partial charge on any atom is -0.508 e. The van der Waals surface area contributed by atoms with Crippen molar-refractivity contribution in [3.8, 4) is 5.75 Å². The highest BCUT2D eigenvalue weighted by Gasteiger charge is 2.41. The molecule has 0 aromatic heterocycles. The van der Waals surface area contributed by atoms with Crippen LogP contribution < -0.4 is 0 Å². The van der Waals surface area contributed by atoms with Crippen LogP contribution >= 0.6 is 0 Å². The van der Waals surface area contributed by atoms with Crippen molar-refractivity contribution >= 4 is 5.78 Å². The summed E-state index contributed by atoms with van der Waals surface area (Å²) in [5.41, 5.74) is 0.406. The standard InChI is InChI=1S/C22H24F3NO2/c1-2-20(28)21(18-4-3-5-19(27)14-18)10-12-26(13-11-21)15-16-6-8-17(9-7-16)22(23,24)25/h3-9,14,27H,2,10-13,15H2,1H3. The van der Waals surface area contributed by atoms with Gasteiger partial charge < -0.3 is 5.11 Å². The number of halogens is 3. The Bertz CT molecular complexity index is 822. The van der Waals surface area contributed by atoms with Gasteiger partial charge in [-0.2, -0.15) is 13.2 Å². The summed E-state index contributed by atoms with van der Waals surface area (Å²) < 4.78 is 38.1. The van der Waals surface area contributed by atoms with Crippen molar-refractivity contribution in [2.24, 2.45) is 0 Å². The van der Waals surface area contributed by atoms with Crippen molar-refractivity contribution in [3.63, 3.8) is 0 Å². The summed E-state index contributed by atoms with van der Waals surface area (Å²) in [7, 11) is 0. The summed E-state index contributed by atoms with van der Waals surface area (Å²) in [5, 5.41) is 9.84. The molecule has 3 rings (SSSR count). The number of ketones is 1. The zero-order valence-corrected chi connectivity index (χ0v) is 15.8. The predicted octanol–water partition coefficient (Wildman–Crippen LogP) is 4.92. The minimum absolute atomic E-state index is 0.146. The molecule has 2 aromatic carbocycles. The highest BCUT2D eigenvalue weighted by molar-refractivity contribution is 5.90. The van der Waals surface area contributed by atoms with E-state index in [1.165, 1.54) is 12.1 Å². The molecule has 0 atom stereocenters. The van der Waals surface area contributed by atoms with E-state index in [-0.39, 0.29) is 11.5 Å². The fourth-order valence-corrected chi connectivity index (χ4v) is 4.02. The maximum absolute atomic E-state index is 12.8. The number of nitrogens with zero attached hydrogens (tertiary/aromatic N) is 1. The van der Waals surface area contributed by atoms with Crippen molar-refractivity contribution in [2.75, 3.05) is 13.1 Å². The summed E-state index contributed by atoms with van der Waals surface area (Å²) >= 11 is 0. The number of rotatable bonds is 5. The molecule has 0 aliphatic carbocycles. The molecule has 150 valence electrons. The Morgan fingerprint density at radius 3 is 2.29 bits per heavy atom. The number of aromatic hydroxyl groups is 1. The van der Waals surface area contributed by atoms with Crippen LogP contribution in [0, 0.1) is 0 Å². The van der Waals surface area contributed by atoms with Gasteiger partial charge >= 0.3 is 6.18 Å². The second-order valence-corrected chi connectivity index (χ2v) is 7.38. The SMILES string of the molecule is CCC(=O)C1(c2cccc(O)c2)CCN(Cc2ccc(C(F)(F)F)cc2)CC1. The lowest BCUT2D eigenvalue weighted by molar-refractivity contribution is -0.137. The Morgan fingerprint density at radius 2 is 1.75 bits per heavy atom. The molecule has 1 saturated heterocycles. The second-order valence-electron chi connectivity index (χ2n) is 7.38. The normalized spacial score (nSPS) is 17.4. The smallest absolute Gasteiger partial charge is 0.416 e. The first kappa shape index (κ1) is 20.4. The maximum atomic E-state index is 12.8. The average Bonchev–Trinajstić information content (AvgIpc) is 2.68. The van der Waals surface area contributed by atoms with Crippen molar-refractivity contribution in [2.45, 2.75) is 44.3 Å². The van der Waals surface area contributed by atoms with Crippen LogP contribution in [0.3, 0.4) is 0 Å². The third-order valence-corrected chi connectivity index (χ3v) is 5.65. The van der Waals surface area contributed by atoms with Gasteiger partial charge in [0.05, 0.1) is 11.0 Å². The summed E-state index contributed by atoms with van der Waals surface area (Å²) in [5.74, 6) is 0.306. The Hall–Kier alpha value is -2.34. The number of alkyl halides is 3. The third kappa shape index (κ3) is 4.22. The molecular formula is C22H24F3NO2. The Labute approximate surface area is 162 Å². The van der Waals surface area contributed by atoms with Crippen LogP contribution in [-0.2, 0) is 22.9 Å². The quantitative estimate of drug-likeness (QED) is 0.786. The molecule has 2 aromatic rings. The fourth-order valence-electron chi connectivity index (χ4n) is 4.02. The molecule has 1 aliphatic heterocycles. The van der Waals surface area contributed by atoms with Gasteiger partial charge in [0, 0.05) is 13.0 Å². The van der Waals surface area contributed by atoms with E-state index in [2.05, 4.69) is 4.90 Å². The molecule has 3 nitrogen and oxygen atoms in total. The topological polar surface area (TPSA) is 40.5 Å². The van der Waals surface area contributed by atoms with Crippen LogP contribution in [0.25, 0.3) is 0 Å². The molecule has 0 radical (unpaired) electrons. The van der Waals surface area contributed by atoms with E-state index in [1.54, 1.807) is 18.2 Å². The number of carbonyl (C=O) groups is 1. The van der Waals surface area contributed by atoms with Crippen molar-refractivity contribution in [3.05, 3.63) is 65.2 Å². The highest BCUT2D eigenvalue weighted by Crippen LogP contribution is 2.39. The zero-order valence-electron chi connectivity index (χ0n) is 15.8. The second kappa shape index (κ2) is 7.95. The Morgan fingerprint density at radius 1 is 1.11 bits per heavy atom. The fraction of sp³-hybridized carbons (Fsp3) is 0.409. The minimum atomic E-state index is -4.33. The van der Waals surface area contributed by atoms with Crippen molar-refractivity contribution in [1.82, 2.24) is 4.90 Å². The van der Waals surface area contributed by atoms with Crippen molar-refractivity contribution in [1.29, 1.82) is 0 Å². The van der Waals surface area contributed by atoms with Gasteiger partial charge in [-0.05, 0) is 61.3 Å². The number of phenols is 1. The lowest BCUT2D eigenvalue weighted by Gasteiger charge is -2.41. The largest absolute Gasteiger partial charge is 0.508 e. The van der Waals surface area contributed by atoms with Crippen LogP contribution in [-0.4, -0.2) is 28.9 Å². The summed E-state index contributed by atoms with van der Waals surface area (Å²) in [6.07, 6.45) is -2.65. The maximum Gasteiger partial charge on any atom is 0.416 e. The van der Waals surface area contributed by atoms with Crippen LogP contribution in [0.5, 0.6) is 5.75 Å². The highest BCUT2D eigenvalue weighted by atomic mass is 19.4. The molecule has 0 spiro atoms. The van der Waals surface area contributed by atoms with Gasteiger partial charge in [-0.3, -0.25) is 9.69 Å². The number of hydrogen-bond donors (Lipinski definition) is 1. The number of hydrogen-bond acceptors (Lipinski definition) is 3. The van der Waals surface area contributed by atoms with E-state index in [1.807, 2.05) is 13.0 Å². The molecule has 6 heteroatoms. The van der Waals surface area contributed by atoms with Gasteiger partial charge in [0.25, 0.3) is 0 Å². The third-order valence-electron chi connectivity index (χ3n) is 5.65. The molecule has 1 aliphatic rings. The van der Waals surface area contributed by atoms with E-state index in [0.29, 0.717) is 38.9 Å². The summed E-state index contributed by atoms with van der Waals surface area (Å²) in [6.45, 7) is 3.74. The molecular weight excluding hydrogens is 367 g/mol. The predicted molar refractivity (Wildman–Crippen MR) is 101 cm³/mol. The van der Waals surface area contributed by atoms with E-state index in [4.69, 9.17) is 0 Å². The van der Waals surface area contributed by atoms with Crippen LogP contribution in [0.1, 0.15) is 42.9 Å². The summed E-state index contributed by atoms with van der Waals surface area (Å²) in [4.78, 5) is 14.9. The molecule has 28 heavy (non-hydrogen) atoms. The number of piperidine rings is 1. The van der Waals surface area contributed by atoms with Gasteiger partial charge in [0.15, 0.2) is 0 Å². The molecule has 0 unspecified atom stereocenters. The molecule has 1 heterocycles. The van der Waals surface area contributed by atoms with Crippen molar-refractivity contribution < 1.29 is 23.1 Å². The van der Waals surface area contributed by atoms with Gasteiger partial charge in [-0.15, -0.1) is 0 Å². The van der Waals surface area contributed by atoms with Gasteiger partial charge in [0.2, 0.25) is 0 Å². The Balaban J connectivity index is 1.71. The molecule has 0 amide bonds. The number of phenolic OH excluding ortho intramolecular Hbond substituents is 1. The number of carbonyl (C=O) groups excluding carboxylic acids is 1. The molecule has 0 saturated carbocycles. The lowest BCUT2D eigenvalue weighted by atomic mass is 9.69. The first-order chi connectivity index (χ1) is 13.2. The van der Waals surface area contributed by atoms with Crippen LogP contribution in [0.15, 0.2) is 48.5 Å². The first-order valence-corrected chi connectivity index (χ1v) is 9.46. The zero-order chi connectivity index (χ0) is 20.4.